The lowest BCUT2D eigenvalue weighted by atomic mass is 9.77. The second-order valence-corrected chi connectivity index (χ2v) is 6.98. The van der Waals surface area contributed by atoms with Crippen LogP contribution in [0.3, 0.4) is 0 Å². The third-order valence-corrected chi connectivity index (χ3v) is 4.89. The summed E-state index contributed by atoms with van der Waals surface area (Å²) in [5.41, 5.74) is 1.48. The SMILES string of the molecule is CC1(C)OB(c2ccc(C3COCCO3)c(C#N)c2)OC1(C)C. The molecule has 23 heavy (non-hydrogen) atoms. The zero-order valence-electron chi connectivity index (χ0n) is 14.1. The molecule has 1 atom stereocenters. The number of hydrogen-bond acceptors (Lipinski definition) is 5. The zero-order valence-corrected chi connectivity index (χ0v) is 14.1. The fraction of sp³-hybridized carbons (Fsp3) is 0.588. The summed E-state index contributed by atoms with van der Waals surface area (Å²) in [4.78, 5) is 0. The summed E-state index contributed by atoms with van der Waals surface area (Å²) in [5, 5.41) is 9.49. The summed E-state index contributed by atoms with van der Waals surface area (Å²) in [7, 11) is -0.468. The molecule has 0 radical (unpaired) electrons. The molecule has 0 aromatic heterocycles. The quantitative estimate of drug-likeness (QED) is 0.781. The number of hydrogen-bond donors (Lipinski definition) is 0. The Morgan fingerprint density at radius 1 is 1.13 bits per heavy atom. The highest BCUT2D eigenvalue weighted by atomic mass is 16.7. The van der Waals surface area contributed by atoms with E-state index in [4.69, 9.17) is 18.8 Å². The van der Waals surface area contributed by atoms with Crippen molar-refractivity contribution < 1.29 is 18.8 Å². The monoisotopic (exact) mass is 315 g/mol. The van der Waals surface area contributed by atoms with E-state index in [1.54, 1.807) is 0 Å². The van der Waals surface area contributed by atoms with Crippen molar-refractivity contribution in [1.82, 2.24) is 0 Å². The van der Waals surface area contributed by atoms with Gasteiger partial charge in [-0.3, -0.25) is 0 Å². The molecule has 0 saturated carbocycles. The van der Waals surface area contributed by atoms with Crippen LogP contribution in [0.15, 0.2) is 18.2 Å². The van der Waals surface area contributed by atoms with Crippen LogP contribution < -0.4 is 5.46 Å². The molecule has 2 saturated heterocycles. The summed E-state index contributed by atoms with van der Waals surface area (Å²) in [6.45, 7) is 9.68. The molecule has 1 aromatic carbocycles. The fourth-order valence-electron chi connectivity index (χ4n) is 2.74. The van der Waals surface area contributed by atoms with Gasteiger partial charge in [0.25, 0.3) is 0 Å². The molecule has 1 unspecified atom stereocenters. The van der Waals surface area contributed by atoms with Crippen molar-refractivity contribution in [3.8, 4) is 6.07 Å². The van der Waals surface area contributed by atoms with E-state index in [1.807, 2.05) is 45.9 Å². The number of nitrogens with zero attached hydrogens (tertiary/aromatic N) is 1. The van der Waals surface area contributed by atoms with E-state index in [1.165, 1.54) is 0 Å². The molecule has 2 fully saturated rings. The topological polar surface area (TPSA) is 60.7 Å². The van der Waals surface area contributed by atoms with Crippen molar-refractivity contribution in [2.75, 3.05) is 19.8 Å². The minimum atomic E-state index is -0.468. The van der Waals surface area contributed by atoms with Crippen LogP contribution in [0.5, 0.6) is 0 Å². The Morgan fingerprint density at radius 3 is 2.39 bits per heavy atom. The highest BCUT2D eigenvalue weighted by Crippen LogP contribution is 2.36. The molecule has 122 valence electrons. The number of nitriles is 1. The summed E-state index contributed by atoms with van der Waals surface area (Å²) in [5.74, 6) is 0. The number of rotatable bonds is 2. The van der Waals surface area contributed by atoms with E-state index in [0.717, 1.165) is 11.0 Å². The largest absolute Gasteiger partial charge is 0.494 e. The highest BCUT2D eigenvalue weighted by Gasteiger charge is 2.51. The minimum Gasteiger partial charge on any atom is -0.399 e. The molecule has 5 nitrogen and oxygen atoms in total. The van der Waals surface area contributed by atoms with Gasteiger partial charge in [-0.25, -0.2) is 0 Å². The second kappa shape index (κ2) is 5.92. The second-order valence-electron chi connectivity index (χ2n) is 6.98. The van der Waals surface area contributed by atoms with Crippen LogP contribution in [0, 0.1) is 11.3 Å². The average molecular weight is 315 g/mol. The van der Waals surface area contributed by atoms with Crippen LogP contribution in [0.1, 0.15) is 44.9 Å². The molecular weight excluding hydrogens is 293 g/mol. The standard InChI is InChI=1S/C17H22BNO4/c1-16(2)17(3,4)23-18(22-16)13-5-6-14(12(9-13)10-19)15-11-20-7-8-21-15/h5-6,9,15H,7-8,11H2,1-4H3. The Bertz CT molecular complexity index is 616. The Hall–Kier alpha value is -1.39. The van der Waals surface area contributed by atoms with Gasteiger partial charge in [-0.1, -0.05) is 12.1 Å². The summed E-state index contributed by atoms with van der Waals surface area (Å²) in [6.07, 6.45) is -0.189. The number of ether oxygens (including phenoxy) is 2. The van der Waals surface area contributed by atoms with Crippen LogP contribution in [0.4, 0.5) is 0 Å². The molecule has 0 N–H and O–H groups in total. The number of benzene rings is 1. The van der Waals surface area contributed by atoms with E-state index >= 15 is 0 Å². The van der Waals surface area contributed by atoms with Crippen molar-refractivity contribution in [3.63, 3.8) is 0 Å². The molecule has 2 heterocycles. The normalized spacial score (nSPS) is 26.0. The maximum atomic E-state index is 9.49. The first-order chi connectivity index (χ1) is 10.8. The molecular formula is C17H22BNO4. The van der Waals surface area contributed by atoms with E-state index < -0.39 is 18.3 Å². The zero-order chi connectivity index (χ0) is 16.7. The van der Waals surface area contributed by atoms with Gasteiger partial charge in [-0.2, -0.15) is 5.26 Å². The summed E-state index contributed by atoms with van der Waals surface area (Å²) >= 11 is 0. The van der Waals surface area contributed by atoms with E-state index in [9.17, 15) is 5.26 Å². The highest BCUT2D eigenvalue weighted by molar-refractivity contribution is 6.62. The summed E-state index contributed by atoms with van der Waals surface area (Å²) in [6, 6.07) is 7.94. The van der Waals surface area contributed by atoms with E-state index in [2.05, 4.69) is 6.07 Å². The van der Waals surface area contributed by atoms with Gasteiger partial charge in [-0.15, -0.1) is 0 Å². The fourth-order valence-corrected chi connectivity index (χ4v) is 2.74. The van der Waals surface area contributed by atoms with Gasteiger partial charge in [0.1, 0.15) is 6.10 Å². The predicted octanol–water partition coefficient (Wildman–Crippen LogP) is 1.95. The van der Waals surface area contributed by atoms with Crippen LogP contribution in [-0.4, -0.2) is 38.1 Å². The first-order valence-electron chi connectivity index (χ1n) is 7.93. The Morgan fingerprint density at radius 2 is 1.83 bits per heavy atom. The predicted molar refractivity (Wildman–Crippen MR) is 86.4 cm³/mol. The molecule has 2 aliphatic heterocycles. The van der Waals surface area contributed by atoms with Gasteiger partial charge in [-0.05, 0) is 39.2 Å². The van der Waals surface area contributed by atoms with Crippen LogP contribution >= 0.6 is 0 Å². The first kappa shape index (κ1) is 16.5. The third kappa shape index (κ3) is 3.02. The molecule has 0 bridgehead atoms. The van der Waals surface area contributed by atoms with Gasteiger partial charge in [0.2, 0.25) is 0 Å². The minimum absolute atomic E-state index is 0.189. The first-order valence-corrected chi connectivity index (χ1v) is 7.93. The Kier molecular flexibility index (Phi) is 4.24. The van der Waals surface area contributed by atoms with Gasteiger partial charge < -0.3 is 18.8 Å². The van der Waals surface area contributed by atoms with E-state index in [0.29, 0.717) is 25.4 Å². The lowest BCUT2D eigenvalue weighted by molar-refractivity contribution is -0.0902. The van der Waals surface area contributed by atoms with Gasteiger partial charge in [0.05, 0.1) is 42.7 Å². The van der Waals surface area contributed by atoms with Crippen molar-refractivity contribution in [2.45, 2.75) is 45.0 Å². The molecule has 0 spiro atoms. The molecule has 0 amide bonds. The molecule has 6 heteroatoms. The van der Waals surface area contributed by atoms with Gasteiger partial charge in [0, 0.05) is 5.56 Å². The smallest absolute Gasteiger partial charge is 0.399 e. The summed E-state index contributed by atoms with van der Waals surface area (Å²) < 4.78 is 23.2. The van der Waals surface area contributed by atoms with Gasteiger partial charge in [0.15, 0.2) is 0 Å². The molecule has 3 rings (SSSR count). The molecule has 0 aliphatic carbocycles. The van der Waals surface area contributed by atoms with Crippen LogP contribution in [0.25, 0.3) is 0 Å². The lowest BCUT2D eigenvalue weighted by Gasteiger charge is -2.32. The van der Waals surface area contributed by atoms with Crippen LogP contribution in [-0.2, 0) is 18.8 Å². The maximum Gasteiger partial charge on any atom is 0.494 e. The molecule has 1 aromatic rings. The van der Waals surface area contributed by atoms with Crippen molar-refractivity contribution in [1.29, 1.82) is 5.26 Å². The van der Waals surface area contributed by atoms with E-state index in [-0.39, 0.29) is 6.10 Å². The van der Waals surface area contributed by atoms with Gasteiger partial charge >= 0.3 is 7.12 Å². The van der Waals surface area contributed by atoms with Crippen molar-refractivity contribution in [2.24, 2.45) is 0 Å². The van der Waals surface area contributed by atoms with Crippen molar-refractivity contribution >= 4 is 12.6 Å². The Balaban J connectivity index is 1.87. The maximum absolute atomic E-state index is 9.49. The average Bonchev–Trinajstić information content (AvgIpc) is 2.75. The third-order valence-electron chi connectivity index (χ3n) is 4.89. The lowest BCUT2D eigenvalue weighted by Crippen LogP contribution is -2.41. The van der Waals surface area contributed by atoms with Crippen molar-refractivity contribution in [3.05, 3.63) is 29.3 Å². The van der Waals surface area contributed by atoms with Crippen LogP contribution in [0.2, 0.25) is 0 Å². The Labute approximate surface area is 137 Å². The molecule has 2 aliphatic rings.